The Bertz CT molecular complexity index is 551. The van der Waals surface area contributed by atoms with Crippen molar-refractivity contribution in [3.05, 3.63) is 48.2 Å². The van der Waals surface area contributed by atoms with Gasteiger partial charge < -0.3 is 9.29 Å². The van der Waals surface area contributed by atoms with Gasteiger partial charge in [-0.2, -0.15) is 12.7 Å². The number of hydrogen-bond acceptors (Lipinski definition) is 4. The van der Waals surface area contributed by atoms with Crippen LogP contribution >= 0.6 is 0 Å². The van der Waals surface area contributed by atoms with Crippen LogP contribution in [0.5, 0.6) is 0 Å². The molecule has 2 rings (SSSR count). The minimum Gasteiger partial charge on any atom is -0.464 e. The molecule has 17 heavy (non-hydrogen) atoms. The average Bonchev–Trinajstić information content (AvgIpc) is 2.28. The van der Waals surface area contributed by atoms with E-state index in [1.165, 1.54) is 6.08 Å². The van der Waals surface area contributed by atoms with Crippen LogP contribution in [0.4, 0.5) is 4.79 Å². The van der Waals surface area contributed by atoms with Crippen molar-refractivity contribution in [2.75, 3.05) is 0 Å². The lowest BCUT2D eigenvalue weighted by Crippen LogP contribution is -2.40. The van der Waals surface area contributed by atoms with Crippen LogP contribution in [0.25, 0.3) is 0 Å². The first-order chi connectivity index (χ1) is 8.02. The highest BCUT2D eigenvalue weighted by Crippen LogP contribution is 2.29. The van der Waals surface area contributed by atoms with Gasteiger partial charge in [0.15, 0.2) is 0 Å². The second-order valence-corrected chi connectivity index (χ2v) is 4.76. The minimum atomic E-state index is -4.27. The first-order valence-corrected chi connectivity index (χ1v) is 6.06. The summed E-state index contributed by atoms with van der Waals surface area (Å²) in [7, 11) is -4.27. The number of carbonyl (C=O) groups is 1. The number of amides is 1. The third-order valence-corrected chi connectivity index (χ3v) is 3.48. The monoisotopic (exact) mass is 255 g/mol. The molecule has 0 aliphatic carbocycles. The molecule has 0 bridgehead atoms. The summed E-state index contributed by atoms with van der Waals surface area (Å²) in [5.74, 6) is 0. The summed E-state index contributed by atoms with van der Waals surface area (Å²) in [5, 5.41) is 8.94. The van der Waals surface area contributed by atoms with Crippen molar-refractivity contribution < 1.29 is 22.5 Å². The zero-order valence-corrected chi connectivity index (χ0v) is 9.37. The van der Waals surface area contributed by atoms with E-state index >= 15 is 0 Å². The van der Waals surface area contributed by atoms with Crippen molar-refractivity contribution in [2.24, 2.45) is 0 Å². The standard InChI is InChI=1S/C10H9NO5S/c12-10(13)11-9(6-7-16-17(11,14)15)8-4-2-1-3-5-8/h1-7,9H,(H,12,13)/t9-/m0/s1. The van der Waals surface area contributed by atoms with E-state index < -0.39 is 22.4 Å². The second-order valence-electron chi connectivity index (χ2n) is 3.32. The van der Waals surface area contributed by atoms with E-state index in [9.17, 15) is 13.2 Å². The summed E-state index contributed by atoms with van der Waals surface area (Å²) in [6.07, 6.45) is 0.764. The van der Waals surface area contributed by atoms with Crippen molar-refractivity contribution in [3.8, 4) is 0 Å². The van der Waals surface area contributed by atoms with E-state index in [1.807, 2.05) is 0 Å². The lowest BCUT2D eigenvalue weighted by atomic mass is 10.1. The number of nitrogens with zero attached hydrogens (tertiary/aromatic N) is 1. The van der Waals surface area contributed by atoms with E-state index in [-0.39, 0.29) is 4.31 Å². The molecule has 0 fully saturated rings. The molecule has 1 atom stereocenters. The topological polar surface area (TPSA) is 83.9 Å². The molecule has 90 valence electrons. The third kappa shape index (κ3) is 2.09. The maximum Gasteiger partial charge on any atom is 0.424 e. The Morgan fingerprint density at radius 2 is 1.94 bits per heavy atom. The van der Waals surface area contributed by atoms with Gasteiger partial charge in [-0.15, -0.1) is 0 Å². The number of rotatable bonds is 1. The van der Waals surface area contributed by atoms with Gasteiger partial charge >= 0.3 is 16.4 Å². The fourth-order valence-corrected chi connectivity index (χ4v) is 2.51. The van der Waals surface area contributed by atoms with E-state index in [4.69, 9.17) is 5.11 Å². The zero-order valence-electron chi connectivity index (χ0n) is 8.55. The molecule has 1 aliphatic rings. The van der Waals surface area contributed by atoms with Gasteiger partial charge in [0, 0.05) is 0 Å². The maximum absolute atomic E-state index is 11.5. The third-order valence-electron chi connectivity index (χ3n) is 2.26. The molecule has 1 aromatic rings. The fourth-order valence-electron chi connectivity index (χ4n) is 1.55. The van der Waals surface area contributed by atoms with Crippen molar-refractivity contribution >= 4 is 16.4 Å². The molecule has 6 nitrogen and oxygen atoms in total. The van der Waals surface area contributed by atoms with Crippen LogP contribution in [-0.2, 0) is 14.5 Å². The molecule has 1 aliphatic heterocycles. The summed E-state index contributed by atoms with van der Waals surface area (Å²) in [6, 6.07) is 7.55. The fraction of sp³-hybridized carbons (Fsp3) is 0.100. The number of benzene rings is 1. The van der Waals surface area contributed by atoms with E-state index in [2.05, 4.69) is 4.18 Å². The van der Waals surface area contributed by atoms with Gasteiger partial charge in [0.05, 0.1) is 0 Å². The maximum atomic E-state index is 11.5. The number of hydrogen-bond donors (Lipinski definition) is 1. The van der Waals surface area contributed by atoms with Crippen molar-refractivity contribution in [2.45, 2.75) is 6.04 Å². The van der Waals surface area contributed by atoms with Crippen molar-refractivity contribution in [1.29, 1.82) is 0 Å². The summed E-state index contributed by atoms with van der Waals surface area (Å²) < 4.78 is 27.6. The van der Waals surface area contributed by atoms with Gasteiger partial charge in [-0.1, -0.05) is 30.3 Å². The van der Waals surface area contributed by atoms with Crippen LogP contribution < -0.4 is 0 Å². The van der Waals surface area contributed by atoms with Crippen LogP contribution in [0.3, 0.4) is 0 Å². The van der Waals surface area contributed by atoms with Crippen LogP contribution in [-0.4, -0.2) is 23.9 Å². The summed E-state index contributed by atoms with van der Waals surface area (Å²) in [4.78, 5) is 11.0. The Hall–Kier alpha value is -2.02. The summed E-state index contributed by atoms with van der Waals surface area (Å²) >= 11 is 0. The van der Waals surface area contributed by atoms with Gasteiger partial charge in [0.25, 0.3) is 0 Å². The molecule has 1 N–H and O–H groups in total. The van der Waals surface area contributed by atoms with Crippen LogP contribution in [0.2, 0.25) is 0 Å². The Morgan fingerprint density at radius 1 is 1.29 bits per heavy atom. The SMILES string of the molecule is O=C(O)N1[C@H](c2ccccc2)C=COS1(=O)=O. The molecule has 0 saturated carbocycles. The highest BCUT2D eigenvalue weighted by molar-refractivity contribution is 7.85. The Morgan fingerprint density at radius 3 is 2.53 bits per heavy atom. The normalized spacial score (nSPS) is 21.9. The van der Waals surface area contributed by atoms with E-state index in [0.29, 0.717) is 5.56 Å². The number of carboxylic acid groups (broad SMARTS) is 1. The van der Waals surface area contributed by atoms with Gasteiger partial charge in [-0.25, -0.2) is 4.79 Å². The van der Waals surface area contributed by atoms with Gasteiger partial charge in [-0.05, 0) is 11.6 Å². The lowest BCUT2D eigenvalue weighted by molar-refractivity contribution is 0.158. The van der Waals surface area contributed by atoms with Gasteiger partial charge in [-0.3, -0.25) is 0 Å². The van der Waals surface area contributed by atoms with Crippen molar-refractivity contribution in [1.82, 2.24) is 4.31 Å². The van der Waals surface area contributed by atoms with Crippen molar-refractivity contribution in [3.63, 3.8) is 0 Å². The quantitative estimate of drug-likeness (QED) is 0.822. The highest BCUT2D eigenvalue weighted by Gasteiger charge is 2.38. The van der Waals surface area contributed by atoms with Gasteiger partial charge in [0.2, 0.25) is 0 Å². The van der Waals surface area contributed by atoms with Gasteiger partial charge in [0.1, 0.15) is 12.3 Å². The Balaban J connectivity index is 2.49. The highest BCUT2D eigenvalue weighted by atomic mass is 32.2. The Labute approximate surface area is 98.0 Å². The molecule has 0 spiro atoms. The molecular formula is C10H9NO5S. The largest absolute Gasteiger partial charge is 0.464 e. The minimum absolute atomic E-state index is 0.280. The molecule has 0 radical (unpaired) electrons. The zero-order chi connectivity index (χ0) is 12.5. The smallest absolute Gasteiger partial charge is 0.424 e. The molecule has 1 amide bonds. The summed E-state index contributed by atoms with van der Waals surface area (Å²) in [5.41, 5.74) is 0.554. The molecule has 1 aromatic carbocycles. The van der Waals surface area contributed by atoms with Crippen LogP contribution in [0.15, 0.2) is 42.7 Å². The molecular weight excluding hydrogens is 246 g/mol. The predicted molar refractivity (Wildman–Crippen MR) is 58.2 cm³/mol. The Kier molecular flexibility index (Phi) is 2.76. The molecule has 0 unspecified atom stereocenters. The molecule has 1 heterocycles. The van der Waals surface area contributed by atoms with E-state index in [1.54, 1.807) is 30.3 Å². The predicted octanol–water partition coefficient (Wildman–Crippen LogP) is 1.50. The first-order valence-electron chi connectivity index (χ1n) is 4.69. The second kappa shape index (κ2) is 4.10. The van der Waals surface area contributed by atoms with Crippen LogP contribution in [0, 0.1) is 0 Å². The molecule has 0 aromatic heterocycles. The summed E-state index contributed by atoms with van der Waals surface area (Å²) in [6.45, 7) is 0. The lowest BCUT2D eigenvalue weighted by Gasteiger charge is -2.28. The van der Waals surface area contributed by atoms with Crippen LogP contribution in [0.1, 0.15) is 11.6 Å². The average molecular weight is 255 g/mol. The first kappa shape index (κ1) is 11.5. The van der Waals surface area contributed by atoms with E-state index in [0.717, 1.165) is 6.26 Å². The molecule has 7 heteroatoms. The molecule has 0 saturated heterocycles.